The van der Waals surface area contributed by atoms with E-state index in [4.69, 9.17) is 0 Å². The van der Waals surface area contributed by atoms with E-state index in [2.05, 4.69) is 4.98 Å². The minimum atomic E-state index is -2.80. The zero-order valence-electron chi connectivity index (χ0n) is 9.44. The molecule has 0 spiro atoms. The maximum absolute atomic E-state index is 12.7. The van der Waals surface area contributed by atoms with E-state index in [0.29, 0.717) is 0 Å². The van der Waals surface area contributed by atoms with Crippen molar-refractivity contribution >= 4 is 11.2 Å². The van der Waals surface area contributed by atoms with Gasteiger partial charge in [0.15, 0.2) is 17.0 Å². The lowest BCUT2D eigenvalue weighted by atomic mass is 10.5. The van der Waals surface area contributed by atoms with Crippen LogP contribution in [-0.4, -0.2) is 18.7 Å². The van der Waals surface area contributed by atoms with E-state index in [1.807, 2.05) is 0 Å². The first-order chi connectivity index (χ1) is 7.86. The van der Waals surface area contributed by atoms with E-state index in [1.54, 1.807) is 0 Å². The number of hydrogen-bond acceptors (Lipinski definition) is 3. The molecule has 0 aliphatic carbocycles. The highest BCUT2D eigenvalue weighted by Gasteiger charge is 2.21. The van der Waals surface area contributed by atoms with Gasteiger partial charge in [-0.3, -0.25) is 13.9 Å². The minimum absolute atomic E-state index is 0.00935. The van der Waals surface area contributed by atoms with Crippen molar-refractivity contribution in [2.45, 2.75) is 6.43 Å². The van der Waals surface area contributed by atoms with Gasteiger partial charge in [0.1, 0.15) is 0 Å². The van der Waals surface area contributed by atoms with E-state index in [1.165, 1.54) is 21.1 Å². The summed E-state index contributed by atoms with van der Waals surface area (Å²) in [6, 6.07) is 0. The van der Waals surface area contributed by atoms with Gasteiger partial charge in [-0.05, 0) is 0 Å². The molecule has 17 heavy (non-hydrogen) atoms. The van der Waals surface area contributed by atoms with Gasteiger partial charge in [-0.2, -0.15) is 0 Å². The number of imidazole rings is 1. The second-order valence-electron chi connectivity index (χ2n) is 3.71. The smallest absolute Gasteiger partial charge is 0.320 e. The lowest BCUT2D eigenvalue weighted by Gasteiger charge is -2.03. The summed E-state index contributed by atoms with van der Waals surface area (Å²) in [7, 11) is 3.99. The van der Waals surface area contributed by atoms with Crippen LogP contribution in [0.2, 0.25) is 0 Å². The third-order valence-corrected chi connectivity index (χ3v) is 2.71. The molecule has 2 aromatic heterocycles. The average molecular weight is 244 g/mol. The van der Waals surface area contributed by atoms with Crippen LogP contribution in [0.4, 0.5) is 8.78 Å². The third kappa shape index (κ3) is 1.40. The van der Waals surface area contributed by atoms with Crippen molar-refractivity contribution in [3.63, 3.8) is 0 Å². The van der Waals surface area contributed by atoms with E-state index < -0.39 is 23.5 Å². The molecule has 0 aliphatic rings. The summed E-state index contributed by atoms with van der Waals surface area (Å²) in [4.78, 5) is 27.0. The van der Waals surface area contributed by atoms with Gasteiger partial charge in [0.25, 0.3) is 12.0 Å². The van der Waals surface area contributed by atoms with E-state index in [9.17, 15) is 18.4 Å². The van der Waals surface area contributed by atoms with Gasteiger partial charge in [-0.1, -0.05) is 0 Å². The summed E-state index contributed by atoms with van der Waals surface area (Å²) in [5, 5.41) is 0. The van der Waals surface area contributed by atoms with Crippen LogP contribution in [0.5, 0.6) is 0 Å². The van der Waals surface area contributed by atoms with Crippen LogP contribution in [0.15, 0.2) is 9.59 Å². The van der Waals surface area contributed by atoms with Crippen LogP contribution >= 0.6 is 0 Å². The summed E-state index contributed by atoms with van der Waals surface area (Å²) in [6.07, 6.45) is -2.80. The molecule has 0 amide bonds. The van der Waals surface area contributed by atoms with Gasteiger partial charge >= 0.3 is 5.69 Å². The Bertz CT molecular complexity index is 710. The van der Waals surface area contributed by atoms with Crippen molar-refractivity contribution in [2.75, 3.05) is 0 Å². The Morgan fingerprint density at radius 1 is 1.06 bits per heavy atom. The van der Waals surface area contributed by atoms with Crippen LogP contribution in [0.3, 0.4) is 0 Å². The predicted molar refractivity (Wildman–Crippen MR) is 56.2 cm³/mol. The molecular weight excluding hydrogens is 234 g/mol. The van der Waals surface area contributed by atoms with Gasteiger partial charge in [0, 0.05) is 21.1 Å². The van der Waals surface area contributed by atoms with Crippen LogP contribution < -0.4 is 11.2 Å². The molecule has 0 saturated heterocycles. The molecule has 2 rings (SSSR count). The average Bonchev–Trinajstić information content (AvgIpc) is 2.62. The van der Waals surface area contributed by atoms with E-state index >= 15 is 0 Å². The highest BCUT2D eigenvalue weighted by atomic mass is 19.3. The van der Waals surface area contributed by atoms with Crippen molar-refractivity contribution in [3.05, 3.63) is 26.7 Å². The number of rotatable bonds is 1. The number of aryl methyl sites for hydroxylation is 2. The van der Waals surface area contributed by atoms with Crippen LogP contribution in [0, 0.1) is 0 Å². The first kappa shape index (κ1) is 11.5. The number of fused-ring (bicyclic) bond motifs is 1. The number of hydrogen-bond donors (Lipinski definition) is 0. The van der Waals surface area contributed by atoms with Gasteiger partial charge in [0.05, 0.1) is 0 Å². The summed E-state index contributed by atoms with van der Waals surface area (Å²) >= 11 is 0. The molecular formula is C9H10F2N4O2. The molecule has 0 aromatic carbocycles. The first-order valence-corrected chi connectivity index (χ1v) is 4.76. The molecule has 2 aromatic rings. The molecule has 0 fully saturated rings. The van der Waals surface area contributed by atoms with Gasteiger partial charge in [-0.25, -0.2) is 18.6 Å². The second kappa shape index (κ2) is 3.51. The normalized spacial score (nSPS) is 11.6. The summed E-state index contributed by atoms with van der Waals surface area (Å²) in [6.45, 7) is 0. The SMILES string of the molecule is Cn1c(=O)c2c(nc(C(F)F)n2C)n(C)c1=O. The highest BCUT2D eigenvalue weighted by Crippen LogP contribution is 2.19. The number of aromatic nitrogens is 4. The monoisotopic (exact) mass is 244 g/mol. The Labute approximate surface area is 93.7 Å². The standard InChI is InChI=1S/C9H10F2N4O2/c1-13-4-6(12-7(13)5(10)11)14(2)9(17)15(3)8(4)16/h5H,1-3H3. The lowest BCUT2D eigenvalue weighted by Crippen LogP contribution is -2.37. The van der Waals surface area contributed by atoms with Crippen LogP contribution in [-0.2, 0) is 21.1 Å². The molecule has 0 saturated carbocycles. The molecule has 0 unspecified atom stereocenters. The highest BCUT2D eigenvalue weighted by molar-refractivity contribution is 5.70. The van der Waals surface area contributed by atoms with Crippen molar-refractivity contribution in [1.29, 1.82) is 0 Å². The molecule has 0 radical (unpaired) electrons. The molecule has 0 atom stereocenters. The zero-order chi connectivity index (χ0) is 12.9. The molecule has 2 heterocycles. The fourth-order valence-corrected chi connectivity index (χ4v) is 1.73. The van der Waals surface area contributed by atoms with Crippen LogP contribution in [0.25, 0.3) is 11.2 Å². The fourth-order valence-electron chi connectivity index (χ4n) is 1.73. The number of halogens is 2. The zero-order valence-corrected chi connectivity index (χ0v) is 9.44. The van der Waals surface area contributed by atoms with Gasteiger partial charge in [0.2, 0.25) is 0 Å². The van der Waals surface area contributed by atoms with Crippen molar-refractivity contribution < 1.29 is 8.78 Å². The summed E-state index contributed by atoms with van der Waals surface area (Å²) in [5.41, 5.74) is -1.27. The Hall–Kier alpha value is -1.99. The quantitative estimate of drug-likeness (QED) is 0.704. The van der Waals surface area contributed by atoms with E-state index in [0.717, 1.165) is 13.7 Å². The first-order valence-electron chi connectivity index (χ1n) is 4.76. The minimum Gasteiger partial charge on any atom is -0.320 e. The Kier molecular flexibility index (Phi) is 2.37. The topological polar surface area (TPSA) is 61.8 Å². The second-order valence-corrected chi connectivity index (χ2v) is 3.71. The third-order valence-electron chi connectivity index (χ3n) is 2.71. The van der Waals surface area contributed by atoms with Crippen LogP contribution in [0.1, 0.15) is 12.2 Å². The maximum atomic E-state index is 12.7. The van der Waals surface area contributed by atoms with Crippen molar-refractivity contribution in [3.8, 4) is 0 Å². The Morgan fingerprint density at radius 3 is 2.18 bits per heavy atom. The largest absolute Gasteiger partial charge is 0.332 e. The predicted octanol–water partition coefficient (Wildman–Crippen LogP) is -0.0917. The van der Waals surface area contributed by atoms with Gasteiger partial charge in [-0.15, -0.1) is 0 Å². The molecule has 0 N–H and O–H groups in total. The molecule has 0 aliphatic heterocycles. The molecule has 8 heteroatoms. The molecule has 92 valence electrons. The molecule has 6 nitrogen and oxygen atoms in total. The Morgan fingerprint density at radius 2 is 1.65 bits per heavy atom. The molecule has 0 bridgehead atoms. The van der Waals surface area contributed by atoms with Crippen molar-refractivity contribution in [2.24, 2.45) is 21.1 Å². The summed E-state index contributed by atoms with van der Waals surface area (Å²) in [5.74, 6) is -0.529. The van der Waals surface area contributed by atoms with Gasteiger partial charge < -0.3 is 4.57 Å². The summed E-state index contributed by atoms with van der Waals surface area (Å²) < 4.78 is 28.3. The number of nitrogens with zero attached hydrogens (tertiary/aromatic N) is 4. The lowest BCUT2D eigenvalue weighted by molar-refractivity contribution is 0.137. The number of alkyl halides is 2. The Balaban J connectivity index is 3.08. The fraction of sp³-hybridized carbons (Fsp3) is 0.444. The maximum Gasteiger partial charge on any atom is 0.332 e. The van der Waals surface area contributed by atoms with E-state index in [-0.39, 0.29) is 11.2 Å². The van der Waals surface area contributed by atoms with Crippen molar-refractivity contribution in [1.82, 2.24) is 18.7 Å².